The molecule has 3 aromatic rings. The first kappa shape index (κ1) is 30.0. The summed E-state index contributed by atoms with van der Waals surface area (Å²) in [6.45, 7) is 2.50. The van der Waals surface area contributed by atoms with Crippen molar-refractivity contribution in [2.45, 2.75) is 50.6 Å². The van der Waals surface area contributed by atoms with E-state index in [-0.39, 0.29) is 29.8 Å². The lowest BCUT2D eigenvalue weighted by atomic mass is 9.91. The highest BCUT2D eigenvalue weighted by Gasteiger charge is 2.24. The number of methoxy groups -OCH3 is 1. The molecule has 4 N–H and O–H groups in total. The molecule has 0 radical (unpaired) electrons. The minimum Gasteiger partial charge on any atom is -0.497 e. The number of pyridine rings is 1. The Labute approximate surface area is 252 Å². The normalized spacial score (nSPS) is 18.8. The van der Waals surface area contributed by atoms with Crippen molar-refractivity contribution in [3.8, 4) is 5.75 Å². The van der Waals surface area contributed by atoms with Crippen LogP contribution in [0.25, 0.3) is 0 Å². The number of anilines is 2. The van der Waals surface area contributed by atoms with E-state index in [4.69, 9.17) is 10.5 Å². The molecule has 1 aliphatic heterocycles. The third-order valence-electron chi connectivity index (χ3n) is 8.24. The predicted octanol–water partition coefficient (Wildman–Crippen LogP) is 3.62. The molecule has 226 valence electrons. The number of hydrogen-bond donors (Lipinski definition) is 3. The number of rotatable bonds is 8. The fourth-order valence-electron chi connectivity index (χ4n) is 5.71. The Morgan fingerprint density at radius 1 is 0.930 bits per heavy atom. The van der Waals surface area contributed by atoms with Crippen LogP contribution in [-0.4, -0.2) is 73.0 Å². The summed E-state index contributed by atoms with van der Waals surface area (Å²) in [6, 6.07) is 16.7. The molecule has 0 unspecified atom stereocenters. The monoisotopic (exact) mass is 584 g/mol. The molecule has 2 fully saturated rings. The summed E-state index contributed by atoms with van der Waals surface area (Å²) in [5.41, 5.74) is 9.23. The molecule has 0 spiro atoms. The maximum atomic E-state index is 13.2. The van der Waals surface area contributed by atoms with E-state index in [2.05, 4.69) is 20.5 Å². The van der Waals surface area contributed by atoms with Gasteiger partial charge in [-0.1, -0.05) is 12.1 Å². The number of aromatic nitrogens is 1. The van der Waals surface area contributed by atoms with E-state index in [9.17, 15) is 14.4 Å². The second-order valence-corrected chi connectivity index (χ2v) is 11.3. The minimum atomic E-state index is -0.306. The average molecular weight is 585 g/mol. The molecule has 5 rings (SSSR count). The van der Waals surface area contributed by atoms with Gasteiger partial charge >= 0.3 is 0 Å². The highest BCUT2D eigenvalue weighted by Crippen LogP contribution is 2.30. The van der Waals surface area contributed by atoms with E-state index in [0.29, 0.717) is 49.4 Å². The van der Waals surface area contributed by atoms with Crippen molar-refractivity contribution in [2.75, 3.05) is 43.5 Å². The Morgan fingerprint density at radius 3 is 2.44 bits per heavy atom. The second-order valence-electron chi connectivity index (χ2n) is 11.3. The fraction of sp³-hybridized carbons (Fsp3) is 0.394. The maximum Gasteiger partial charge on any atom is 0.257 e. The van der Waals surface area contributed by atoms with Gasteiger partial charge in [0.15, 0.2) is 0 Å². The van der Waals surface area contributed by atoms with Crippen LogP contribution in [0.4, 0.5) is 11.4 Å². The van der Waals surface area contributed by atoms with Crippen molar-refractivity contribution in [3.63, 3.8) is 0 Å². The number of hydrogen-bond acceptors (Lipinski definition) is 7. The van der Waals surface area contributed by atoms with Gasteiger partial charge in [0.2, 0.25) is 5.91 Å². The van der Waals surface area contributed by atoms with Crippen LogP contribution in [0.3, 0.4) is 0 Å². The van der Waals surface area contributed by atoms with Crippen molar-refractivity contribution in [1.29, 1.82) is 0 Å². The van der Waals surface area contributed by atoms with Crippen LogP contribution in [0.2, 0.25) is 0 Å². The van der Waals surface area contributed by atoms with Crippen LogP contribution >= 0.6 is 0 Å². The van der Waals surface area contributed by atoms with Gasteiger partial charge < -0.3 is 30.9 Å². The van der Waals surface area contributed by atoms with Crippen LogP contribution in [-0.2, 0) is 11.2 Å². The van der Waals surface area contributed by atoms with Crippen LogP contribution in [0.1, 0.15) is 58.4 Å². The Bertz CT molecular complexity index is 1410. The van der Waals surface area contributed by atoms with E-state index < -0.39 is 0 Å². The second kappa shape index (κ2) is 14.2. The Kier molecular flexibility index (Phi) is 9.88. The molecule has 1 aliphatic carbocycles. The molecule has 43 heavy (non-hydrogen) atoms. The quantitative estimate of drug-likeness (QED) is 0.369. The van der Waals surface area contributed by atoms with Gasteiger partial charge in [0.1, 0.15) is 5.75 Å². The smallest absolute Gasteiger partial charge is 0.257 e. The summed E-state index contributed by atoms with van der Waals surface area (Å²) in [5.74, 6) is 0.359. The number of carbonyl (C=O) groups is 3. The predicted molar refractivity (Wildman–Crippen MR) is 166 cm³/mol. The zero-order chi connectivity index (χ0) is 30.2. The van der Waals surface area contributed by atoms with E-state index in [0.717, 1.165) is 49.1 Å². The van der Waals surface area contributed by atoms with Crippen molar-refractivity contribution in [3.05, 3.63) is 83.7 Å². The number of carbonyl (C=O) groups excluding carboxylic acids is 3. The highest BCUT2D eigenvalue weighted by molar-refractivity contribution is 6.07. The first-order valence-electron chi connectivity index (χ1n) is 15.0. The zero-order valence-corrected chi connectivity index (χ0v) is 24.6. The topological polar surface area (TPSA) is 130 Å². The SMILES string of the molecule is COc1ccc(CC(=O)N2CCCN(c3ccc(C(=O)NC4CCC(N)CC4)cc3NC(=O)c3cccnc3)CC2)cc1. The van der Waals surface area contributed by atoms with E-state index in [1.165, 1.54) is 6.20 Å². The maximum absolute atomic E-state index is 13.2. The third-order valence-corrected chi connectivity index (χ3v) is 8.24. The number of nitrogens with two attached hydrogens (primary N) is 1. The van der Waals surface area contributed by atoms with Gasteiger partial charge in [-0.15, -0.1) is 0 Å². The van der Waals surface area contributed by atoms with Crippen LogP contribution in [0.15, 0.2) is 67.0 Å². The van der Waals surface area contributed by atoms with Gasteiger partial charge in [0.25, 0.3) is 11.8 Å². The average Bonchev–Trinajstić information content (AvgIpc) is 3.29. The molecular weight excluding hydrogens is 544 g/mol. The van der Waals surface area contributed by atoms with E-state index in [1.807, 2.05) is 35.2 Å². The molecule has 3 amide bonds. The molecule has 2 aliphatic rings. The largest absolute Gasteiger partial charge is 0.497 e. The zero-order valence-electron chi connectivity index (χ0n) is 24.6. The third kappa shape index (κ3) is 7.90. The van der Waals surface area contributed by atoms with Gasteiger partial charge in [-0.3, -0.25) is 19.4 Å². The Hall–Kier alpha value is -4.44. The van der Waals surface area contributed by atoms with Gasteiger partial charge in [0.05, 0.1) is 30.5 Å². The lowest BCUT2D eigenvalue weighted by Gasteiger charge is -2.28. The summed E-state index contributed by atoms with van der Waals surface area (Å²) >= 11 is 0. The van der Waals surface area contributed by atoms with E-state index >= 15 is 0 Å². The molecular formula is C33H40N6O4. The van der Waals surface area contributed by atoms with Crippen LogP contribution in [0.5, 0.6) is 5.75 Å². The lowest BCUT2D eigenvalue weighted by Crippen LogP contribution is -2.40. The van der Waals surface area contributed by atoms with Crippen molar-refractivity contribution < 1.29 is 19.1 Å². The summed E-state index contributed by atoms with van der Waals surface area (Å²) in [7, 11) is 1.62. The van der Waals surface area contributed by atoms with E-state index in [1.54, 1.807) is 37.6 Å². The number of benzene rings is 2. The van der Waals surface area contributed by atoms with Crippen LogP contribution < -0.4 is 26.0 Å². The van der Waals surface area contributed by atoms with Gasteiger partial charge in [-0.25, -0.2) is 0 Å². The number of nitrogens with one attached hydrogen (secondary N) is 2. The molecule has 1 aromatic heterocycles. The summed E-state index contributed by atoms with van der Waals surface area (Å²) < 4.78 is 5.22. The first-order chi connectivity index (χ1) is 20.9. The Morgan fingerprint density at radius 2 is 1.72 bits per heavy atom. The molecule has 1 saturated carbocycles. The standard InChI is InChI=1S/C33H40N6O4/c1-43-28-12-5-23(6-13-28)20-31(40)39-17-3-16-38(18-19-39)30-14-7-24(32(41)36-27-10-8-26(34)9-11-27)21-29(30)37-33(42)25-4-2-15-35-22-25/h2,4-7,12-15,21-22,26-27H,3,8-11,16-20,34H2,1H3,(H,36,41)(H,37,42). The number of nitrogens with zero attached hydrogens (tertiary/aromatic N) is 3. The molecule has 10 heteroatoms. The Balaban J connectivity index is 1.31. The van der Waals surface area contributed by atoms with Crippen molar-refractivity contribution in [2.24, 2.45) is 5.73 Å². The minimum absolute atomic E-state index is 0.0767. The number of amides is 3. The van der Waals surface area contributed by atoms with Gasteiger partial charge in [-0.05, 0) is 80.1 Å². The summed E-state index contributed by atoms with van der Waals surface area (Å²) in [5, 5.41) is 6.16. The van der Waals surface area contributed by atoms with Gasteiger partial charge in [0, 0.05) is 56.2 Å². The summed E-state index contributed by atoms with van der Waals surface area (Å²) in [4.78, 5) is 47.7. The van der Waals surface area contributed by atoms with Crippen molar-refractivity contribution in [1.82, 2.24) is 15.2 Å². The number of ether oxygens (including phenoxy) is 1. The summed E-state index contributed by atoms with van der Waals surface area (Å²) in [6.07, 6.45) is 7.73. The first-order valence-corrected chi connectivity index (χ1v) is 15.0. The molecule has 2 aromatic carbocycles. The molecule has 0 bridgehead atoms. The molecule has 1 saturated heterocycles. The van der Waals surface area contributed by atoms with Gasteiger partial charge in [-0.2, -0.15) is 0 Å². The molecule has 2 heterocycles. The van der Waals surface area contributed by atoms with Crippen LogP contribution in [0, 0.1) is 0 Å². The molecule has 0 atom stereocenters. The lowest BCUT2D eigenvalue weighted by molar-refractivity contribution is -0.130. The van der Waals surface area contributed by atoms with Crippen molar-refractivity contribution >= 4 is 29.1 Å². The fourth-order valence-corrected chi connectivity index (χ4v) is 5.71. The molecule has 10 nitrogen and oxygen atoms in total. The highest BCUT2D eigenvalue weighted by atomic mass is 16.5.